The van der Waals surface area contributed by atoms with Gasteiger partial charge < -0.3 is 14.8 Å². The van der Waals surface area contributed by atoms with E-state index in [9.17, 15) is 13.2 Å². The molecule has 0 bridgehead atoms. The van der Waals surface area contributed by atoms with Crippen LogP contribution in [0.4, 0.5) is 0 Å². The molecule has 1 rings (SSSR count). The van der Waals surface area contributed by atoms with Crippen LogP contribution in [-0.4, -0.2) is 58.6 Å². The van der Waals surface area contributed by atoms with Gasteiger partial charge in [0.05, 0.1) is 13.7 Å². The number of sulfonamides is 1. The van der Waals surface area contributed by atoms with Gasteiger partial charge in [-0.3, -0.25) is 4.79 Å². The van der Waals surface area contributed by atoms with Gasteiger partial charge >= 0.3 is 0 Å². The SMILES string of the molecule is CCN(CC)S(=O)(=O)c1cc(C(=O)N[C@H](C)COC)ccc1OC. The zero-order chi connectivity index (χ0) is 18.3. The minimum absolute atomic E-state index is 0.0132. The monoisotopic (exact) mass is 358 g/mol. The van der Waals surface area contributed by atoms with Gasteiger partial charge in [-0.15, -0.1) is 0 Å². The molecule has 136 valence electrons. The van der Waals surface area contributed by atoms with Crippen molar-refractivity contribution in [3.63, 3.8) is 0 Å². The van der Waals surface area contributed by atoms with Crippen molar-refractivity contribution < 1.29 is 22.7 Å². The van der Waals surface area contributed by atoms with Crippen LogP contribution in [0.15, 0.2) is 23.1 Å². The number of ether oxygens (including phenoxy) is 2. The Hall–Kier alpha value is -1.64. The van der Waals surface area contributed by atoms with Crippen molar-refractivity contribution in [2.75, 3.05) is 33.9 Å². The standard InChI is InChI=1S/C16H26N2O5S/c1-6-18(7-2)24(20,21)15-10-13(8-9-14(15)23-5)16(19)17-12(3)11-22-4/h8-10,12H,6-7,11H2,1-5H3,(H,17,19)/t12-/m1/s1. The van der Waals surface area contributed by atoms with Crippen LogP contribution in [0, 0.1) is 0 Å². The summed E-state index contributed by atoms with van der Waals surface area (Å²) in [5.74, 6) is -0.151. The highest BCUT2D eigenvalue weighted by Crippen LogP contribution is 2.27. The third kappa shape index (κ3) is 4.68. The second-order valence-corrected chi connectivity index (χ2v) is 7.19. The first-order chi connectivity index (χ1) is 11.3. The molecule has 0 aliphatic carbocycles. The largest absolute Gasteiger partial charge is 0.495 e. The molecule has 0 aliphatic rings. The highest BCUT2D eigenvalue weighted by Gasteiger charge is 2.27. The molecule has 0 aromatic heterocycles. The molecule has 0 spiro atoms. The predicted octanol–water partition coefficient (Wildman–Crippen LogP) is 1.49. The second kappa shape index (κ2) is 9.00. The lowest BCUT2D eigenvalue weighted by Gasteiger charge is -2.20. The van der Waals surface area contributed by atoms with Crippen molar-refractivity contribution in [3.8, 4) is 5.75 Å². The van der Waals surface area contributed by atoms with Crippen LogP contribution in [0.1, 0.15) is 31.1 Å². The van der Waals surface area contributed by atoms with Crippen LogP contribution in [0.5, 0.6) is 5.75 Å². The summed E-state index contributed by atoms with van der Waals surface area (Å²) in [5, 5.41) is 2.76. The molecule has 0 saturated heterocycles. The Bertz CT molecular complexity index is 656. The van der Waals surface area contributed by atoms with Crippen molar-refractivity contribution in [2.24, 2.45) is 0 Å². The van der Waals surface area contributed by atoms with Gasteiger partial charge in [0.1, 0.15) is 10.6 Å². The molecule has 0 aliphatic heterocycles. The van der Waals surface area contributed by atoms with E-state index < -0.39 is 10.0 Å². The van der Waals surface area contributed by atoms with Gasteiger partial charge in [-0.25, -0.2) is 8.42 Å². The molecular formula is C16H26N2O5S. The fourth-order valence-electron chi connectivity index (χ4n) is 2.32. The van der Waals surface area contributed by atoms with Crippen LogP contribution in [-0.2, 0) is 14.8 Å². The highest BCUT2D eigenvalue weighted by atomic mass is 32.2. The van der Waals surface area contributed by atoms with E-state index in [2.05, 4.69) is 5.32 Å². The Morgan fingerprint density at radius 3 is 2.38 bits per heavy atom. The molecule has 24 heavy (non-hydrogen) atoms. The van der Waals surface area contributed by atoms with E-state index in [1.54, 1.807) is 27.9 Å². The van der Waals surface area contributed by atoms with E-state index in [-0.39, 0.29) is 28.2 Å². The highest BCUT2D eigenvalue weighted by molar-refractivity contribution is 7.89. The van der Waals surface area contributed by atoms with Crippen LogP contribution < -0.4 is 10.1 Å². The maximum Gasteiger partial charge on any atom is 0.251 e. The number of methoxy groups -OCH3 is 2. The first-order valence-electron chi connectivity index (χ1n) is 7.79. The number of hydrogen-bond acceptors (Lipinski definition) is 5. The first-order valence-corrected chi connectivity index (χ1v) is 9.23. The number of nitrogens with one attached hydrogen (secondary N) is 1. The molecule has 8 heteroatoms. The van der Waals surface area contributed by atoms with Crippen molar-refractivity contribution in [3.05, 3.63) is 23.8 Å². The number of carbonyl (C=O) groups is 1. The quantitative estimate of drug-likeness (QED) is 0.723. The Kier molecular flexibility index (Phi) is 7.65. The molecule has 1 N–H and O–H groups in total. The number of nitrogens with zero attached hydrogens (tertiary/aromatic N) is 1. The molecule has 0 unspecified atom stereocenters. The van der Waals surface area contributed by atoms with Gasteiger partial charge in [0, 0.05) is 31.8 Å². The maximum atomic E-state index is 12.8. The van der Waals surface area contributed by atoms with Gasteiger partial charge in [0.2, 0.25) is 10.0 Å². The summed E-state index contributed by atoms with van der Waals surface area (Å²) in [4.78, 5) is 12.3. The third-order valence-corrected chi connectivity index (χ3v) is 5.61. The molecule has 1 atom stereocenters. The summed E-state index contributed by atoms with van der Waals surface area (Å²) in [5.41, 5.74) is 0.254. The average Bonchev–Trinajstić information content (AvgIpc) is 2.55. The Balaban J connectivity index is 3.24. The number of amides is 1. The molecule has 1 amide bonds. The normalized spacial score (nSPS) is 12.9. The van der Waals surface area contributed by atoms with E-state index in [4.69, 9.17) is 9.47 Å². The second-order valence-electron chi connectivity index (χ2n) is 5.28. The van der Waals surface area contributed by atoms with Crippen molar-refractivity contribution in [1.29, 1.82) is 0 Å². The summed E-state index contributed by atoms with van der Waals surface area (Å²) in [6.45, 7) is 6.37. The fraction of sp³-hybridized carbons (Fsp3) is 0.562. The Morgan fingerprint density at radius 2 is 1.88 bits per heavy atom. The third-order valence-electron chi connectivity index (χ3n) is 3.54. The summed E-state index contributed by atoms with van der Waals surface area (Å²) >= 11 is 0. The molecule has 1 aromatic carbocycles. The van der Waals surface area contributed by atoms with Crippen LogP contribution in [0.2, 0.25) is 0 Å². The molecule has 0 saturated carbocycles. The summed E-state index contributed by atoms with van der Waals surface area (Å²) in [6, 6.07) is 4.19. The van der Waals surface area contributed by atoms with Crippen LogP contribution in [0.25, 0.3) is 0 Å². The van der Waals surface area contributed by atoms with Gasteiger partial charge in [0.25, 0.3) is 5.91 Å². The van der Waals surface area contributed by atoms with Crippen molar-refractivity contribution >= 4 is 15.9 Å². The first kappa shape index (κ1) is 20.4. The number of rotatable bonds is 9. The summed E-state index contributed by atoms with van der Waals surface area (Å²) in [6.07, 6.45) is 0. The van der Waals surface area contributed by atoms with Gasteiger partial charge in [-0.05, 0) is 25.1 Å². The molecule has 1 aromatic rings. The molecule has 0 radical (unpaired) electrons. The van der Waals surface area contributed by atoms with Crippen molar-refractivity contribution in [1.82, 2.24) is 9.62 Å². The molecule has 0 fully saturated rings. The topological polar surface area (TPSA) is 84.9 Å². The predicted molar refractivity (Wildman–Crippen MR) is 91.9 cm³/mol. The van der Waals surface area contributed by atoms with Crippen molar-refractivity contribution in [2.45, 2.75) is 31.7 Å². The molecular weight excluding hydrogens is 332 g/mol. The van der Waals surface area contributed by atoms with Gasteiger partial charge in [-0.2, -0.15) is 4.31 Å². The smallest absolute Gasteiger partial charge is 0.251 e. The minimum atomic E-state index is -3.74. The van der Waals surface area contributed by atoms with E-state index in [1.807, 2.05) is 0 Å². The molecule has 7 nitrogen and oxygen atoms in total. The average molecular weight is 358 g/mol. The molecule has 0 heterocycles. The zero-order valence-electron chi connectivity index (χ0n) is 14.8. The van der Waals surface area contributed by atoms with E-state index in [1.165, 1.54) is 29.6 Å². The number of hydrogen-bond donors (Lipinski definition) is 1. The van der Waals surface area contributed by atoms with Gasteiger partial charge in [-0.1, -0.05) is 13.8 Å². The summed E-state index contributed by atoms with van der Waals surface area (Å²) in [7, 11) is -0.789. The van der Waals surface area contributed by atoms with E-state index in [0.717, 1.165) is 0 Å². The lowest BCUT2D eigenvalue weighted by Crippen LogP contribution is -2.36. The van der Waals surface area contributed by atoms with Crippen LogP contribution in [0.3, 0.4) is 0 Å². The fourth-order valence-corrected chi connectivity index (χ4v) is 3.96. The Labute approximate surface area is 144 Å². The van der Waals surface area contributed by atoms with Crippen LogP contribution >= 0.6 is 0 Å². The number of carbonyl (C=O) groups excluding carboxylic acids is 1. The van der Waals surface area contributed by atoms with E-state index in [0.29, 0.717) is 19.7 Å². The van der Waals surface area contributed by atoms with E-state index >= 15 is 0 Å². The van der Waals surface area contributed by atoms with Gasteiger partial charge in [0.15, 0.2) is 0 Å². The lowest BCUT2D eigenvalue weighted by atomic mass is 10.2. The summed E-state index contributed by atoms with van der Waals surface area (Å²) < 4.78 is 37.0. The number of benzene rings is 1. The minimum Gasteiger partial charge on any atom is -0.495 e. The Morgan fingerprint density at radius 1 is 1.25 bits per heavy atom. The zero-order valence-corrected chi connectivity index (χ0v) is 15.6. The lowest BCUT2D eigenvalue weighted by molar-refractivity contribution is 0.0905. The maximum absolute atomic E-state index is 12.8.